The molecular formula is C17H16S. The monoisotopic (exact) mass is 252 g/mol. The van der Waals surface area contributed by atoms with Crippen molar-refractivity contribution in [2.75, 3.05) is 0 Å². The first kappa shape index (κ1) is 11.5. The maximum Gasteiger partial charge on any atom is 0.0355 e. The van der Waals surface area contributed by atoms with Gasteiger partial charge in [-0.05, 0) is 34.6 Å². The van der Waals surface area contributed by atoms with Crippen LogP contribution in [0.3, 0.4) is 0 Å². The van der Waals surface area contributed by atoms with Crippen LogP contribution in [0.2, 0.25) is 0 Å². The minimum Gasteiger partial charge on any atom is -0.135 e. The van der Waals surface area contributed by atoms with Crippen LogP contribution in [0, 0.1) is 0 Å². The highest BCUT2D eigenvalue weighted by Gasteiger charge is 2.05. The zero-order chi connectivity index (χ0) is 12.5. The Morgan fingerprint density at radius 1 is 0.889 bits per heavy atom. The van der Waals surface area contributed by atoms with Crippen molar-refractivity contribution in [3.8, 4) is 10.4 Å². The molecule has 0 nitrogen and oxygen atoms in total. The number of thiophene rings is 1. The van der Waals surface area contributed by atoms with Crippen LogP contribution < -0.4 is 0 Å². The van der Waals surface area contributed by atoms with Crippen molar-refractivity contribution in [2.45, 2.75) is 19.8 Å². The summed E-state index contributed by atoms with van der Waals surface area (Å²) in [5.41, 5.74) is 2.74. The van der Waals surface area contributed by atoms with E-state index in [1.54, 1.807) is 0 Å². The normalized spacial score (nSPS) is 11.3. The zero-order valence-corrected chi connectivity index (χ0v) is 11.5. The number of fused-ring (bicyclic) bond motifs is 1. The topological polar surface area (TPSA) is 0 Å². The average molecular weight is 252 g/mol. The highest BCUT2D eigenvalue weighted by atomic mass is 32.1. The van der Waals surface area contributed by atoms with Crippen LogP contribution in [0.4, 0.5) is 0 Å². The Morgan fingerprint density at radius 3 is 2.50 bits per heavy atom. The SMILES string of the molecule is CC(C)c1cccc(-c2cc3ccccc3s2)c1. The summed E-state index contributed by atoms with van der Waals surface area (Å²) in [5.74, 6) is 0.583. The predicted octanol–water partition coefficient (Wildman–Crippen LogP) is 5.69. The molecule has 0 radical (unpaired) electrons. The minimum atomic E-state index is 0.583. The number of hydrogen-bond donors (Lipinski definition) is 0. The van der Waals surface area contributed by atoms with E-state index in [0.29, 0.717) is 5.92 Å². The molecule has 0 amide bonds. The molecule has 0 atom stereocenters. The smallest absolute Gasteiger partial charge is 0.0355 e. The quantitative estimate of drug-likeness (QED) is 0.549. The third-order valence-electron chi connectivity index (χ3n) is 3.26. The summed E-state index contributed by atoms with van der Waals surface area (Å²) in [4.78, 5) is 1.36. The second-order valence-corrected chi connectivity index (χ2v) is 6.01. The summed E-state index contributed by atoms with van der Waals surface area (Å²) in [5, 5.41) is 1.34. The van der Waals surface area contributed by atoms with E-state index in [9.17, 15) is 0 Å². The van der Waals surface area contributed by atoms with Crippen LogP contribution in [0.1, 0.15) is 25.3 Å². The Labute approximate surface area is 112 Å². The third-order valence-corrected chi connectivity index (χ3v) is 4.43. The van der Waals surface area contributed by atoms with Crippen molar-refractivity contribution in [1.29, 1.82) is 0 Å². The Hall–Kier alpha value is -1.60. The molecule has 1 heteroatoms. The van der Waals surface area contributed by atoms with Gasteiger partial charge in [-0.1, -0.05) is 56.3 Å². The average Bonchev–Trinajstić information content (AvgIpc) is 2.82. The predicted molar refractivity (Wildman–Crippen MR) is 81.4 cm³/mol. The van der Waals surface area contributed by atoms with Gasteiger partial charge in [0.15, 0.2) is 0 Å². The van der Waals surface area contributed by atoms with E-state index in [-0.39, 0.29) is 0 Å². The molecule has 0 saturated heterocycles. The highest BCUT2D eigenvalue weighted by Crippen LogP contribution is 2.34. The molecule has 0 unspecified atom stereocenters. The van der Waals surface area contributed by atoms with Crippen molar-refractivity contribution >= 4 is 21.4 Å². The summed E-state index contributed by atoms with van der Waals surface area (Å²) in [6.07, 6.45) is 0. The molecule has 3 aromatic rings. The van der Waals surface area contributed by atoms with Crippen LogP contribution in [0.15, 0.2) is 54.6 Å². The molecule has 0 aliphatic heterocycles. The molecule has 0 aliphatic rings. The van der Waals surface area contributed by atoms with Crippen molar-refractivity contribution in [3.05, 3.63) is 60.2 Å². The van der Waals surface area contributed by atoms with Crippen LogP contribution >= 0.6 is 11.3 Å². The summed E-state index contributed by atoms with van der Waals surface area (Å²) < 4.78 is 1.36. The lowest BCUT2D eigenvalue weighted by molar-refractivity contribution is 0.867. The van der Waals surface area contributed by atoms with Gasteiger partial charge in [-0.2, -0.15) is 0 Å². The zero-order valence-electron chi connectivity index (χ0n) is 10.7. The lowest BCUT2D eigenvalue weighted by Crippen LogP contribution is -1.86. The van der Waals surface area contributed by atoms with E-state index < -0.39 is 0 Å². The first-order valence-electron chi connectivity index (χ1n) is 6.33. The van der Waals surface area contributed by atoms with Gasteiger partial charge < -0.3 is 0 Å². The molecular weight excluding hydrogens is 236 g/mol. The van der Waals surface area contributed by atoms with Gasteiger partial charge in [-0.15, -0.1) is 11.3 Å². The largest absolute Gasteiger partial charge is 0.135 e. The molecule has 0 N–H and O–H groups in total. The molecule has 1 heterocycles. The van der Waals surface area contributed by atoms with E-state index in [4.69, 9.17) is 0 Å². The summed E-state index contributed by atoms with van der Waals surface area (Å²) in [7, 11) is 0. The van der Waals surface area contributed by atoms with E-state index in [2.05, 4.69) is 68.4 Å². The Kier molecular flexibility index (Phi) is 2.92. The van der Waals surface area contributed by atoms with Gasteiger partial charge in [0.25, 0.3) is 0 Å². The summed E-state index contributed by atoms with van der Waals surface area (Å²) in [6.45, 7) is 4.48. The van der Waals surface area contributed by atoms with Crippen LogP contribution in [0.25, 0.3) is 20.5 Å². The van der Waals surface area contributed by atoms with E-state index in [1.807, 2.05) is 11.3 Å². The fourth-order valence-electron chi connectivity index (χ4n) is 2.18. The standard InChI is InChI=1S/C17H16S/c1-12(2)13-7-5-8-14(10-13)17-11-15-6-3-4-9-16(15)18-17/h3-12H,1-2H3. The van der Waals surface area contributed by atoms with Gasteiger partial charge in [-0.25, -0.2) is 0 Å². The summed E-state index contributed by atoms with van der Waals surface area (Å²) >= 11 is 1.87. The van der Waals surface area contributed by atoms with Gasteiger partial charge in [0.2, 0.25) is 0 Å². The van der Waals surface area contributed by atoms with E-state index in [1.165, 1.54) is 26.1 Å². The van der Waals surface area contributed by atoms with Gasteiger partial charge >= 0.3 is 0 Å². The molecule has 3 rings (SSSR count). The fraction of sp³-hybridized carbons (Fsp3) is 0.176. The van der Waals surface area contributed by atoms with Gasteiger partial charge in [0.05, 0.1) is 0 Å². The van der Waals surface area contributed by atoms with Crippen molar-refractivity contribution < 1.29 is 0 Å². The minimum absolute atomic E-state index is 0.583. The van der Waals surface area contributed by atoms with Crippen molar-refractivity contribution in [1.82, 2.24) is 0 Å². The van der Waals surface area contributed by atoms with Crippen LogP contribution in [-0.2, 0) is 0 Å². The molecule has 0 saturated carbocycles. The molecule has 0 bridgehead atoms. The fourth-order valence-corrected chi connectivity index (χ4v) is 3.23. The Balaban J connectivity index is 2.11. The molecule has 2 aromatic carbocycles. The lowest BCUT2D eigenvalue weighted by Gasteiger charge is -2.06. The third kappa shape index (κ3) is 2.06. The second-order valence-electron chi connectivity index (χ2n) is 4.93. The van der Waals surface area contributed by atoms with Gasteiger partial charge in [0.1, 0.15) is 0 Å². The number of rotatable bonds is 2. The molecule has 90 valence electrons. The number of benzene rings is 2. The highest BCUT2D eigenvalue weighted by molar-refractivity contribution is 7.22. The molecule has 0 fully saturated rings. The first-order valence-corrected chi connectivity index (χ1v) is 7.14. The Morgan fingerprint density at radius 2 is 1.72 bits per heavy atom. The maximum atomic E-state index is 2.31. The summed E-state index contributed by atoms with van der Waals surface area (Å²) in [6, 6.07) is 19.8. The van der Waals surface area contributed by atoms with Crippen molar-refractivity contribution in [2.24, 2.45) is 0 Å². The molecule has 18 heavy (non-hydrogen) atoms. The first-order chi connectivity index (χ1) is 8.74. The van der Waals surface area contributed by atoms with Gasteiger partial charge in [-0.3, -0.25) is 0 Å². The van der Waals surface area contributed by atoms with Gasteiger partial charge in [0, 0.05) is 9.58 Å². The lowest BCUT2D eigenvalue weighted by atomic mass is 10.0. The van der Waals surface area contributed by atoms with E-state index in [0.717, 1.165) is 0 Å². The van der Waals surface area contributed by atoms with Crippen LogP contribution in [-0.4, -0.2) is 0 Å². The number of hydrogen-bond acceptors (Lipinski definition) is 1. The molecule has 1 aromatic heterocycles. The van der Waals surface area contributed by atoms with Crippen LogP contribution in [0.5, 0.6) is 0 Å². The second kappa shape index (κ2) is 4.58. The van der Waals surface area contributed by atoms with E-state index >= 15 is 0 Å². The van der Waals surface area contributed by atoms with Crippen molar-refractivity contribution in [3.63, 3.8) is 0 Å². The molecule has 0 aliphatic carbocycles. The molecule has 0 spiro atoms. The maximum absolute atomic E-state index is 2.31. The Bertz CT molecular complexity index is 644.